The molecule has 2 atom stereocenters. The smallest absolute Gasteiger partial charge is 0.326 e. The van der Waals surface area contributed by atoms with Gasteiger partial charge >= 0.3 is 5.97 Å². The summed E-state index contributed by atoms with van der Waals surface area (Å²) in [6.45, 7) is 1.64. The number of hydrogen-bond acceptors (Lipinski definition) is 4. The lowest BCUT2D eigenvalue weighted by Crippen LogP contribution is -2.50. The number of carboxylic acid groups (broad SMARTS) is 1. The number of anilines is 1. The van der Waals surface area contributed by atoms with Gasteiger partial charge in [-0.3, -0.25) is 14.5 Å². The van der Waals surface area contributed by atoms with Crippen molar-refractivity contribution in [3.63, 3.8) is 0 Å². The first-order valence-corrected chi connectivity index (χ1v) is 9.27. The Hall–Kier alpha value is -2.60. The molecule has 0 fully saturated rings. The number of hydrogen-bond donors (Lipinski definition) is 1. The van der Waals surface area contributed by atoms with Gasteiger partial charge in [0.25, 0.3) is 0 Å². The van der Waals surface area contributed by atoms with Crippen LogP contribution < -0.4 is 4.90 Å². The van der Waals surface area contributed by atoms with Crippen molar-refractivity contribution in [3.05, 3.63) is 65.7 Å². The van der Waals surface area contributed by atoms with Crippen LogP contribution in [0.15, 0.2) is 54.6 Å². The minimum absolute atomic E-state index is 0.205. The minimum atomic E-state index is -1.03. The lowest BCUT2D eigenvalue weighted by Gasteiger charge is -2.36. The topological polar surface area (TPSA) is 74.7 Å². The van der Waals surface area contributed by atoms with Crippen molar-refractivity contribution in [2.45, 2.75) is 31.1 Å². The summed E-state index contributed by atoms with van der Waals surface area (Å²) in [5.74, 6) is -1.39. The number of carbonyl (C=O) groups excluding carboxylic acids is 2. The second-order valence-electron chi connectivity index (χ2n) is 6.14. The SMILES string of the molecule is C[C@H](SC(=O)c1ccccc1)C(=O)N1c2ccccc2CC[C@H]1C(=O)O. The van der Waals surface area contributed by atoms with Crippen molar-refractivity contribution in [3.8, 4) is 0 Å². The van der Waals surface area contributed by atoms with Crippen LogP contribution in [0.2, 0.25) is 0 Å². The summed E-state index contributed by atoms with van der Waals surface area (Å²) in [6, 6.07) is 15.2. The number of para-hydroxylation sites is 1. The van der Waals surface area contributed by atoms with E-state index in [1.54, 1.807) is 43.3 Å². The van der Waals surface area contributed by atoms with Crippen molar-refractivity contribution in [2.75, 3.05) is 4.90 Å². The first-order valence-electron chi connectivity index (χ1n) is 8.39. The van der Waals surface area contributed by atoms with E-state index in [2.05, 4.69) is 0 Å². The molecule has 6 heteroatoms. The maximum atomic E-state index is 13.0. The van der Waals surface area contributed by atoms with Crippen LogP contribution in [-0.4, -0.2) is 33.4 Å². The van der Waals surface area contributed by atoms with Crippen LogP contribution in [0.1, 0.15) is 29.3 Å². The Balaban J connectivity index is 1.84. The average Bonchev–Trinajstić information content (AvgIpc) is 2.66. The van der Waals surface area contributed by atoms with E-state index >= 15 is 0 Å². The van der Waals surface area contributed by atoms with Crippen molar-refractivity contribution < 1.29 is 19.5 Å². The molecule has 0 aliphatic carbocycles. The highest BCUT2D eigenvalue weighted by Gasteiger charge is 2.37. The van der Waals surface area contributed by atoms with E-state index in [4.69, 9.17) is 0 Å². The summed E-state index contributed by atoms with van der Waals surface area (Å²) < 4.78 is 0. The first kappa shape index (κ1) is 18.2. The van der Waals surface area contributed by atoms with Crippen LogP contribution in [-0.2, 0) is 16.0 Å². The molecule has 5 nitrogen and oxygen atoms in total. The van der Waals surface area contributed by atoms with Crippen LogP contribution in [0.5, 0.6) is 0 Å². The summed E-state index contributed by atoms with van der Waals surface area (Å²) in [4.78, 5) is 38.4. The molecular formula is C20H19NO4S. The molecule has 1 aliphatic rings. The Labute approximate surface area is 156 Å². The largest absolute Gasteiger partial charge is 0.480 e. The number of aryl methyl sites for hydroxylation is 1. The lowest BCUT2D eigenvalue weighted by molar-refractivity contribution is -0.140. The van der Waals surface area contributed by atoms with E-state index in [1.165, 1.54) is 4.90 Å². The van der Waals surface area contributed by atoms with Crippen LogP contribution >= 0.6 is 11.8 Å². The molecule has 1 N–H and O–H groups in total. The number of carbonyl (C=O) groups is 3. The summed E-state index contributed by atoms with van der Waals surface area (Å²) in [5, 5.41) is 8.67. The molecule has 2 aromatic rings. The monoisotopic (exact) mass is 369 g/mol. The lowest BCUT2D eigenvalue weighted by atomic mass is 9.95. The molecule has 0 saturated heterocycles. The number of amides is 1. The van der Waals surface area contributed by atoms with Crippen LogP contribution in [0, 0.1) is 0 Å². The highest BCUT2D eigenvalue weighted by atomic mass is 32.2. The van der Waals surface area contributed by atoms with E-state index in [9.17, 15) is 19.5 Å². The normalized spacial score (nSPS) is 17.3. The Morgan fingerprint density at radius 1 is 1.08 bits per heavy atom. The van der Waals surface area contributed by atoms with Gasteiger partial charge in [-0.25, -0.2) is 4.79 Å². The molecular weight excluding hydrogens is 350 g/mol. The molecule has 26 heavy (non-hydrogen) atoms. The highest BCUT2D eigenvalue weighted by Crippen LogP contribution is 2.33. The number of fused-ring (bicyclic) bond motifs is 1. The standard InChI is InChI=1S/C20H19NO4S/c1-13(26-20(25)15-8-3-2-4-9-15)18(22)21-16-10-6-5-7-14(16)11-12-17(21)19(23)24/h2-10,13,17H,11-12H2,1H3,(H,23,24)/t13-,17-/m0/s1. The Bertz CT molecular complexity index is 837. The quantitative estimate of drug-likeness (QED) is 0.894. The number of carboxylic acids is 1. The molecule has 3 rings (SSSR count). The Morgan fingerprint density at radius 3 is 2.42 bits per heavy atom. The van der Waals surface area contributed by atoms with Crippen molar-refractivity contribution in [1.82, 2.24) is 0 Å². The molecule has 0 radical (unpaired) electrons. The Kier molecular flexibility index (Phi) is 5.42. The van der Waals surface area contributed by atoms with Crippen molar-refractivity contribution in [2.24, 2.45) is 0 Å². The van der Waals surface area contributed by atoms with Gasteiger partial charge in [-0.05, 0) is 31.4 Å². The zero-order valence-electron chi connectivity index (χ0n) is 14.3. The van der Waals surface area contributed by atoms with Crippen molar-refractivity contribution in [1.29, 1.82) is 0 Å². The predicted octanol–water partition coefficient (Wildman–Crippen LogP) is 3.38. The molecule has 0 saturated carbocycles. The molecule has 0 bridgehead atoms. The zero-order valence-corrected chi connectivity index (χ0v) is 15.1. The predicted molar refractivity (Wildman–Crippen MR) is 101 cm³/mol. The van der Waals surface area contributed by atoms with E-state index in [1.807, 2.05) is 18.2 Å². The Morgan fingerprint density at radius 2 is 1.73 bits per heavy atom. The van der Waals surface area contributed by atoms with Gasteiger partial charge in [-0.1, -0.05) is 60.3 Å². The van der Waals surface area contributed by atoms with E-state index in [0.29, 0.717) is 24.1 Å². The molecule has 1 aliphatic heterocycles. The summed E-state index contributed by atoms with van der Waals surface area (Å²) >= 11 is 0.920. The van der Waals surface area contributed by atoms with Crippen LogP contribution in [0.25, 0.3) is 0 Å². The van der Waals surface area contributed by atoms with Gasteiger partial charge in [0.1, 0.15) is 6.04 Å². The van der Waals surface area contributed by atoms with Crippen LogP contribution in [0.3, 0.4) is 0 Å². The molecule has 2 aromatic carbocycles. The second-order valence-corrected chi connectivity index (χ2v) is 7.46. The number of thioether (sulfide) groups is 1. The molecule has 0 spiro atoms. The summed E-state index contributed by atoms with van der Waals surface area (Å²) in [6.07, 6.45) is 0.976. The summed E-state index contributed by atoms with van der Waals surface area (Å²) in [7, 11) is 0. The third kappa shape index (κ3) is 3.65. The number of nitrogens with zero attached hydrogens (tertiary/aromatic N) is 1. The fourth-order valence-corrected chi connectivity index (χ4v) is 3.91. The maximum absolute atomic E-state index is 13.0. The second kappa shape index (κ2) is 7.74. The van der Waals surface area contributed by atoms with E-state index in [-0.39, 0.29) is 11.0 Å². The third-order valence-corrected chi connectivity index (χ3v) is 5.42. The maximum Gasteiger partial charge on any atom is 0.326 e. The highest BCUT2D eigenvalue weighted by molar-refractivity contribution is 8.15. The summed E-state index contributed by atoms with van der Waals surface area (Å²) in [5.41, 5.74) is 2.09. The number of aliphatic carboxylic acids is 1. The van der Waals surface area contributed by atoms with E-state index in [0.717, 1.165) is 17.3 Å². The van der Waals surface area contributed by atoms with Gasteiger partial charge in [-0.15, -0.1) is 0 Å². The molecule has 1 heterocycles. The van der Waals surface area contributed by atoms with Crippen LogP contribution in [0.4, 0.5) is 5.69 Å². The fourth-order valence-electron chi connectivity index (χ4n) is 3.10. The molecule has 0 unspecified atom stereocenters. The van der Waals surface area contributed by atoms with Gasteiger partial charge < -0.3 is 5.11 Å². The van der Waals surface area contributed by atoms with Gasteiger partial charge in [0.15, 0.2) is 0 Å². The number of benzene rings is 2. The van der Waals surface area contributed by atoms with Gasteiger partial charge in [0, 0.05) is 11.3 Å². The molecule has 134 valence electrons. The molecule has 0 aromatic heterocycles. The first-order chi connectivity index (χ1) is 12.5. The van der Waals surface area contributed by atoms with Gasteiger partial charge in [0.2, 0.25) is 11.0 Å². The fraction of sp³-hybridized carbons (Fsp3) is 0.250. The zero-order chi connectivity index (χ0) is 18.7. The minimum Gasteiger partial charge on any atom is -0.480 e. The van der Waals surface area contributed by atoms with Crippen molar-refractivity contribution >= 4 is 34.4 Å². The third-order valence-electron chi connectivity index (χ3n) is 4.41. The van der Waals surface area contributed by atoms with E-state index < -0.39 is 17.3 Å². The molecule has 1 amide bonds. The number of rotatable bonds is 4. The van der Waals surface area contributed by atoms with Gasteiger partial charge in [0.05, 0.1) is 5.25 Å². The van der Waals surface area contributed by atoms with Gasteiger partial charge in [-0.2, -0.15) is 0 Å². The average molecular weight is 369 g/mol.